The van der Waals surface area contributed by atoms with Crippen LogP contribution in [0.5, 0.6) is 0 Å². The molecule has 0 aromatic carbocycles. The molecule has 0 bridgehead atoms. The number of thiazole rings is 1. The molecule has 1 aromatic rings. The summed E-state index contributed by atoms with van der Waals surface area (Å²) >= 11 is 1.25. The van der Waals surface area contributed by atoms with E-state index in [0.29, 0.717) is 6.04 Å². The Morgan fingerprint density at radius 3 is 3.17 bits per heavy atom. The second-order valence-electron chi connectivity index (χ2n) is 3.17. The summed E-state index contributed by atoms with van der Waals surface area (Å²) < 4.78 is 0. The first-order valence-corrected chi connectivity index (χ1v) is 5.12. The van der Waals surface area contributed by atoms with Crippen LogP contribution in [0.4, 0.5) is 0 Å². The molecule has 1 fully saturated rings. The third kappa shape index (κ3) is 1.76. The van der Waals surface area contributed by atoms with Gasteiger partial charge in [-0.15, -0.1) is 0 Å². The van der Waals surface area contributed by atoms with Gasteiger partial charge in [-0.2, -0.15) is 0 Å². The summed E-state index contributed by atoms with van der Waals surface area (Å²) in [7, 11) is 0. The molecule has 4 heteroatoms. The molecular weight excluding hydrogens is 172 g/mol. The lowest BCUT2D eigenvalue weighted by molar-refractivity contribution is 0.596. The van der Waals surface area contributed by atoms with E-state index in [1.165, 1.54) is 24.2 Å². The zero-order valence-electron chi connectivity index (χ0n) is 6.80. The fourth-order valence-corrected chi connectivity index (χ4v) is 2.20. The van der Waals surface area contributed by atoms with Crippen molar-refractivity contribution in [3.05, 3.63) is 20.7 Å². The monoisotopic (exact) mass is 184 g/mol. The molecule has 1 aromatic heterocycles. The number of H-pyrrole nitrogens is 1. The van der Waals surface area contributed by atoms with Gasteiger partial charge in [0.05, 0.1) is 0 Å². The van der Waals surface area contributed by atoms with Crippen LogP contribution >= 0.6 is 11.3 Å². The van der Waals surface area contributed by atoms with E-state index in [2.05, 4.69) is 10.3 Å². The first-order chi connectivity index (χ1) is 5.84. The van der Waals surface area contributed by atoms with E-state index in [9.17, 15) is 4.79 Å². The number of aromatic nitrogens is 1. The predicted molar refractivity (Wildman–Crippen MR) is 49.7 cm³/mol. The van der Waals surface area contributed by atoms with Crippen molar-refractivity contribution in [2.75, 3.05) is 6.54 Å². The van der Waals surface area contributed by atoms with Crippen LogP contribution in [-0.2, 0) is 6.42 Å². The van der Waals surface area contributed by atoms with Crippen LogP contribution in [-0.4, -0.2) is 17.6 Å². The summed E-state index contributed by atoms with van der Waals surface area (Å²) in [4.78, 5) is 13.7. The molecule has 0 saturated carbocycles. The lowest BCUT2D eigenvalue weighted by Gasteiger charge is -2.06. The quantitative estimate of drug-likeness (QED) is 0.711. The van der Waals surface area contributed by atoms with Gasteiger partial charge in [0.15, 0.2) is 0 Å². The number of rotatable bonds is 2. The third-order valence-electron chi connectivity index (χ3n) is 2.20. The van der Waals surface area contributed by atoms with E-state index in [1.54, 1.807) is 0 Å². The Morgan fingerprint density at radius 2 is 2.58 bits per heavy atom. The Morgan fingerprint density at radius 1 is 1.67 bits per heavy atom. The minimum Gasteiger partial charge on any atom is -0.317 e. The van der Waals surface area contributed by atoms with Crippen molar-refractivity contribution in [3.8, 4) is 0 Å². The van der Waals surface area contributed by atoms with Crippen molar-refractivity contribution in [2.24, 2.45) is 0 Å². The second-order valence-corrected chi connectivity index (χ2v) is 4.01. The molecule has 0 amide bonds. The molecule has 1 aliphatic rings. The molecule has 0 radical (unpaired) electrons. The van der Waals surface area contributed by atoms with Gasteiger partial charge in [0.2, 0.25) is 0 Å². The number of hydrogen-bond acceptors (Lipinski definition) is 3. The molecule has 2 heterocycles. The van der Waals surface area contributed by atoms with Gasteiger partial charge in [-0.1, -0.05) is 11.3 Å². The van der Waals surface area contributed by atoms with Crippen molar-refractivity contribution in [1.29, 1.82) is 0 Å². The van der Waals surface area contributed by atoms with E-state index in [0.717, 1.165) is 18.7 Å². The molecule has 66 valence electrons. The average molecular weight is 184 g/mol. The highest BCUT2D eigenvalue weighted by molar-refractivity contribution is 7.07. The van der Waals surface area contributed by atoms with Crippen LogP contribution in [0.3, 0.4) is 0 Å². The molecular formula is C8H12N2OS. The van der Waals surface area contributed by atoms with Gasteiger partial charge in [-0.3, -0.25) is 4.79 Å². The van der Waals surface area contributed by atoms with Crippen molar-refractivity contribution in [3.63, 3.8) is 0 Å². The highest BCUT2D eigenvalue weighted by atomic mass is 32.1. The van der Waals surface area contributed by atoms with Crippen LogP contribution in [0.1, 0.15) is 18.5 Å². The van der Waals surface area contributed by atoms with Gasteiger partial charge in [0.1, 0.15) is 0 Å². The Kier molecular flexibility index (Phi) is 2.28. The maximum Gasteiger partial charge on any atom is 0.304 e. The zero-order chi connectivity index (χ0) is 8.39. The third-order valence-corrected chi connectivity index (χ3v) is 2.92. The van der Waals surface area contributed by atoms with Crippen LogP contribution in [0.25, 0.3) is 0 Å². The lowest BCUT2D eigenvalue weighted by atomic mass is 10.1. The molecule has 0 aliphatic carbocycles. The van der Waals surface area contributed by atoms with Crippen molar-refractivity contribution in [1.82, 2.24) is 10.3 Å². The van der Waals surface area contributed by atoms with Gasteiger partial charge in [-0.05, 0) is 19.4 Å². The van der Waals surface area contributed by atoms with Crippen LogP contribution in [0.15, 0.2) is 10.2 Å². The predicted octanol–water partition coefficient (Wildman–Crippen LogP) is 0.731. The van der Waals surface area contributed by atoms with Crippen molar-refractivity contribution >= 4 is 11.3 Å². The van der Waals surface area contributed by atoms with Crippen molar-refractivity contribution < 1.29 is 0 Å². The van der Waals surface area contributed by atoms with E-state index in [-0.39, 0.29) is 4.87 Å². The first-order valence-electron chi connectivity index (χ1n) is 4.24. The van der Waals surface area contributed by atoms with Gasteiger partial charge < -0.3 is 10.3 Å². The Bertz CT molecular complexity index is 298. The lowest BCUT2D eigenvalue weighted by Crippen LogP contribution is -2.23. The number of hydrogen-bond donors (Lipinski definition) is 2. The summed E-state index contributed by atoms with van der Waals surface area (Å²) in [6.45, 7) is 1.12. The smallest absolute Gasteiger partial charge is 0.304 e. The summed E-state index contributed by atoms with van der Waals surface area (Å²) in [5.41, 5.74) is 1.07. The number of nitrogens with one attached hydrogen (secondary N) is 2. The molecule has 1 saturated heterocycles. The summed E-state index contributed by atoms with van der Waals surface area (Å²) in [6, 6.07) is 0.579. The molecule has 1 aliphatic heterocycles. The molecule has 1 unspecified atom stereocenters. The van der Waals surface area contributed by atoms with E-state index in [1.807, 2.05) is 5.38 Å². The van der Waals surface area contributed by atoms with E-state index < -0.39 is 0 Å². The highest BCUT2D eigenvalue weighted by Gasteiger charge is 2.14. The summed E-state index contributed by atoms with van der Waals surface area (Å²) in [6.07, 6.45) is 3.47. The molecule has 1 atom stereocenters. The van der Waals surface area contributed by atoms with Crippen molar-refractivity contribution in [2.45, 2.75) is 25.3 Å². The Labute approximate surface area is 74.8 Å². The average Bonchev–Trinajstić information content (AvgIpc) is 2.63. The van der Waals surface area contributed by atoms with Gasteiger partial charge in [-0.25, -0.2) is 0 Å². The SMILES string of the molecule is O=c1[nH]c(CC2CCCN2)cs1. The van der Waals surface area contributed by atoms with Gasteiger partial charge in [0, 0.05) is 23.5 Å². The maximum atomic E-state index is 10.8. The minimum atomic E-state index is 0.0583. The van der Waals surface area contributed by atoms with Crippen LogP contribution in [0.2, 0.25) is 0 Å². The normalized spacial score (nSPS) is 23.2. The maximum absolute atomic E-state index is 10.8. The number of aromatic amines is 1. The highest BCUT2D eigenvalue weighted by Crippen LogP contribution is 2.10. The largest absolute Gasteiger partial charge is 0.317 e. The molecule has 2 N–H and O–H groups in total. The molecule has 3 nitrogen and oxygen atoms in total. The Hall–Kier alpha value is -0.610. The molecule has 12 heavy (non-hydrogen) atoms. The van der Waals surface area contributed by atoms with Gasteiger partial charge >= 0.3 is 4.87 Å². The summed E-state index contributed by atoms with van der Waals surface area (Å²) in [5, 5.41) is 5.32. The van der Waals surface area contributed by atoms with Crippen LogP contribution in [0, 0.1) is 0 Å². The standard InChI is InChI=1S/C8H12N2OS/c11-8-10-7(5-12-8)4-6-2-1-3-9-6/h5-6,9H,1-4H2,(H,10,11). The minimum absolute atomic E-state index is 0.0583. The van der Waals surface area contributed by atoms with Crippen LogP contribution < -0.4 is 10.2 Å². The van der Waals surface area contributed by atoms with E-state index >= 15 is 0 Å². The molecule has 2 rings (SSSR count). The zero-order valence-corrected chi connectivity index (χ0v) is 7.62. The Balaban J connectivity index is 1.98. The summed E-state index contributed by atoms with van der Waals surface area (Å²) in [5.74, 6) is 0. The second kappa shape index (κ2) is 3.41. The molecule has 0 spiro atoms. The van der Waals surface area contributed by atoms with E-state index in [4.69, 9.17) is 0 Å². The fraction of sp³-hybridized carbons (Fsp3) is 0.625. The first kappa shape index (κ1) is 8.01. The topological polar surface area (TPSA) is 44.9 Å². The van der Waals surface area contributed by atoms with Gasteiger partial charge in [0.25, 0.3) is 0 Å². The fourth-order valence-electron chi connectivity index (χ4n) is 1.61.